The van der Waals surface area contributed by atoms with Gasteiger partial charge in [-0.3, -0.25) is 4.99 Å². The van der Waals surface area contributed by atoms with E-state index in [1.807, 2.05) is 37.3 Å². The molecule has 0 aliphatic carbocycles. The maximum atomic E-state index is 11.0. The zero-order valence-electron chi connectivity index (χ0n) is 16.6. The Morgan fingerprint density at radius 2 is 1.89 bits per heavy atom. The number of hydrogen-bond donors (Lipinski definition) is 2. The molecule has 1 unspecified atom stereocenters. The van der Waals surface area contributed by atoms with Gasteiger partial charge in [0.05, 0.1) is 32.2 Å². The van der Waals surface area contributed by atoms with E-state index in [-0.39, 0.29) is 12.4 Å². The second-order valence-corrected chi connectivity index (χ2v) is 8.75. The second kappa shape index (κ2) is 13.5. The van der Waals surface area contributed by atoms with E-state index < -0.39 is 9.84 Å². The SMILES string of the molecule is CCNC(=NCC(C)COCc1ccccc1)NCCOCCS(C)(=O)=O. The maximum Gasteiger partial charge on any atom is 0.191 e. The number of sulfone groups is 1. The minimum Gasteiger partial charge on any atom is -0.379 e. The minimum atomic E-state index is -2.97. The molecule has 7 nitrogen and oxygen atoms in total. The van der Waals surface area contributed by atoms with Crippen molar-refractivity contribution in [3.05, 3.63) is 35.9 Å². The molecule has 0 heterocycles. The average molecular weight is 400 g/mol. The summed E-state index contributed by atoms with van der Waals surface area (Å²) in [7, 11) is -2.97. The van der Waals surface area contributed by atoms with Crippen LogP contribution in [0.25, 0.3) is 0 Å². The van der Waals surface area contributed by atoms with Crippen molar-refractivity contribution >= 4 is 15.8 Å². The molecule has 0 aliphatic rings. The summed E-state index contributed by atoms with van der Waals surface area (Å²) in [6, 6.07) is 10.1. The van der Waals surface area contributed by atoms with Gasteiger partial charge in [-0.25, -0.2) is 8.42 Å². The Morgan fingerprint density at radius 1 is 1.15 bits per heavy atom. The maximum absolute atomic E-state index is 11.0. The zero-order valence-corrected chi connectivity index (χ0v) is 17.4. The fourth-order valence-corrected chi connectivity index (χ4v) is 2.57. The van der Waals surface area contributed by atoms with Gasteiger partial charge in [-0.15, -0.1) is 0 Å². The highest BCUT2D eigenvalue weighted by atomic mass is 32.2. The largest absolute Gasteiger partial charge is 0.379 e. The van der Waals surface area contributed by atoms with Crippen LogP contribution in [-0.4, -0.2) is 65.8 Å². The summed E-state index contributed by atoms with van der Waals surface area (Å²) in [5, 5.41) is 6.36. The smallest absolute Gasteiger partial charge is 0.191 e. The molecule has 0 radical (unpaired) electrons. The van der Waals surface area contributed by atoms with Crippen LogP contribution in [-0.2, 0) is 25.9 Å². The summed E-state index contributed by atoms with van der Waals surface area (Å²) in [6.07, 6.45) is 1.20. The fourth-order valence-electron chi connectivity index (χ4n) is 2.15. The van der Waals surface area contributed by atoms with Gasteiger partial charge in [0.15, 0.2) is 5.96 Å². The van der Waals surface area contributed by atoms with E-state index >= 15 is 0 Å². The number of nitrogens with zero attached hydrogens (tertiary/aromatic N) is 1. The predicted molar refractivity (Wildman–Crippen MR) is 110 cm³/mol. The molecular weight excluding hydrogens is 366 g/mol. The van der Waals surface area contributed by atoms with Gasteiger partial charge in [0.2, 0.25) is 0 Å². The zero-order chi connectivity index (χ0) is 20.0. The molecular formula is C19H33N3O4S. The van der Waals surface area contributed by atoms with E-state index in [9.17, 15) is 8.42 Å². The van der Waals surface area contributed by atoms with E-state index in [1.54, 1.807) is 0 Å². The standard InChI is InChI=1S/C19H33N3O4S/c1-4-20-19(21-10-11-25-12-13-27(3,23)24)22-14-17(2)15-26-16-18-8-6-5-7-9-18/h5-9,17H,4,10-16H2,1-3H3,(H2,20,21,22). The van der Waals surface area contributed by atoms with Crippen LogP contribution >= 0.6 is 0 Å². The van der Waals surface area contributed by atoms with Gasteiger partial charge in [-0.1, -0.05) is 37.3 Å². The van der Waals surface area contributed by atoms with Crippen LogP contribution in [0.1, 0.15) is 19.4 Å². The van der Waals surface area contributed by atoms with E-state index in [0.717, 1.165) is 12.5 Å². The van der Waals surface area contributed by atoms with Gasteiger partial charge in [0.25, 0.3) is 0 Å². The number of rotatable bonds is 13. The molecule has 1 rings (SSSR count). The van der Waals surface area contributed by atoms with Crippen molar-refractivity contribution in [1.29, 1.82) is 0 Å². The van der Waals surface area contributed by atoms with Gasteiger partial charge in [0, 0.05) is 25.9 Å². The predicted octanol–water partition coefficient (Wildman–Crippen LogP) is 1.46. The topological polar surface area (TPSA) is 89.0 Å². The molecule has 0 saturated heterocycles. The van der Waals surface area contributed by atoms with Gasteiger partial charge in [-0.2, -0.15) is 0 Å². The van der Waals surface area contributed by atoms with Gasteiger partial charge in [-0.05, 0) is 18.4 Å². The van der Waals surface area contributed by atoms with Gasteiger partial charge < -0.3 is 20.1 Å². The molecule has 0 aromatic heterocycles. The molecule has 0 saturated carbocycles. The summed E-state index contributed by atoms with van der Waals surface area (Å²) < 4.78 is 33.1. The first-order chi connectivity index (χ1) is 12.9. The first-order valence-corrected chi connectivity index (χ1v) is 11.4. The molecule has 1 atom stereocenters. The number of guanidine groups is 1. The molecule has 0 amide bonds. The van der Waals surface area contributed by atoms with E-state index in [0.29, 0.717) is 38.8 Å². The van der Waals surface area contributed by atoms with Crippen LogP contribution in [0.3, 0.4) is 0 Å². The second-order valence-electron chi connectivity index (χ2n) is 6.49. The van der Waals surface area contributed by atoms with Gasteiger partial charge in [0.1, 0.15) is 9.84 Å². The first kappa shape index (κ1) is 23.4. The number of aliphatic imine (C=N–C) groups is 1. The Bertz CT molecular complexity index is 636. The Morgan fingerprint density at radius 3 is 2.56 bits per heavy atom. The third kappa shape index (κ3) is 13.2. The number of nitrogens with one attached hydrogen (secondary N) is 2. The highest BCUT2D eigenvalue weighted by molar-refractivity contribution is 7.90. The van der Waals surface area contributed by atoms with Crippen molar-refractivity contribution < 1.29 is 17.9 Å². The van der Waals surface area contributed by atoms with Crippen LogP contribution in [0.2, 0.25) is 0 Å². The van der Waals surface area contributed by atoms with Crippen molar-refractivity contribution in [2.24, 2.45) is 10.9 Å². The number of hydrogen-bond acceptors (Lipinski definition) is 5. The lowest BCUT2D eigenvalue weighted by molar-refractivity contribution is 0.0944. The van der Waals surface area contributed by atoms with Crippen molar-refractivity contribution in [1.82, 2.24) is 10.6 Å². The number of benzene rings is 1. The van der Waals surface area contributed by atoms with Crippen LogP contribution < -0.4 is 10.6 Å². The lowest BCUT2D eigenvalue weighted by Gasteiger charge is -2.14. The van der Waals surface area contributed by atoms with E-state index in [4.69, 9.17) is 9.47 Å². The third-order valence-corrected chi connectivity index (χ3v) is 4.46. The minimum absolute atomic E-state index is 0.0433. The molecule has 0 bridgehead atoms. The van der Waals surface area contributed by atoms with Crippen LogP contribution in [0.15, 0.2) is 35.3 Å². The molecule has 27 heavy (non-hydrogen) atoms. The third-order valence-electron chi connectivity index (χ3n) is 3.56. The summed E-state index contributed by atoms with van der Waals surface area (Å²) >= 11 is 0. The van der Waals surface area contributed by atoms with E-state index in [2.05, 4.69) is 22.5 Å². The van der Waals surface area contributed by atoms with Crippen molar-refractivity contribution in [2.45, 2.75) is 20.5 Å². The van der Waals surface area contributed by atoms with Crippen LogP contribution in [0.5, 0.6) is 0 Å². The van der Waals surface area contributed by atoms with Crippen molar-refractivity contribution in [3.63, 3.8) is 0 Å². The van der Waals surface area contributed by atoms with Crippen LogP contribution in [0, 0.1) is 5.92 Å². The lowest BCUT2D eigenvalue weighted by Crippen LogP contribution is -2.39. The van der Waals surface area contributed by atoms with Crippen molar-refractivity contribution in [2.75, 3.05) is 51.5 Å². The molecule has 2 N–H and O–H groups in total. The quantitative estimate of drug-likeness (QED) is 0.297. The van der Waals surface area contributed by atoms with Crippen molar-refractivity contribution in [3.8, 4) is 0 Å². The monoisotopic (exact) mass is 399 g/mol. The normalized spacial score (nSPS) is 13.4. The molecule has 0 aliphatic heterocycles. The number of ether oxygens (including phenoxy) is 2. The molecule has 8 heteroatoms. The summed E-state index contributed by atoms with van der Waals surface area (Å²) in [6.45, 7) is 7.98. The Labute approximate surface area is 163 Å². The summed E-state index contributed by atoms with van der Waals surface area (Å²) in [5.74, 6) is 1.07. The summed E-state index contributed by atoms with van der Waals surface area (Å²) in [5.41, 5.74) is 1.17. The molecule has 154 valence electrons. The molecule has 1 aromatic carbocycles. The summed E-state index contributed by atoms with van der Waals surface area (Å²) in [4.78, 5) is 4.56. The first-order valence-electron chi connectivity index (χ1n) is 9.30. The Balaban J connectivity index is 2.22. The fraction of sp³-hybridized carbons (Fsp3) is 0.632. The Hall–Kier alpha value is -1.64. The highest BCUT2D eigenvalue weighted by Gasteiger charge is 2.04. The van der Waals surface area contributed by atoms with Crippen LogP contribution in [0.4, 0.5) is 0 Å². The average Bonchev–Trinajstić information content (AvgIpc) is 2.62. The molecule has 1 aromatic rings. The Kier molecular flexibility index (Phi) is 11.7. The highest BCUT2D eigenvalue weighted by Crippen LogP contribution is 2.03. The molecule has 0 spiro atoms. The molecule has 0 fully saturated rings. The lowest BCUT2D eigenvalue weighted by atomic mass is 10.2. The van der Waals surface area contributed by atoms with Gasteiger partial charge >= 0.3 is 0 Å². The van der Waals surface area contributed by atoms with E-state index in [1.165, 1.54) is 11.8 Å².